The summed E-state index contributed by atoms with van der Waals surface area (Å²) in [5, 5.41) is 4.09. The maximum Gasteiger partial charge on any atom is 0.230 e. The molecule has 2 aromatic heterocycles. The van der Waals surface area contributed by atoms with Crippen molar-refractivity contribution < 1.29 is 9.26 Å². The van der Waals surface area contributed by atoms with Crippen molar-refractivity contribution in [3.05, 3.63) is 47.2 Å². The summed E-state index contributed by atoms with van der Waals surface area (Å²) < 4.78 is 11.3. The molecule has 0 unspecified atom stereocenters. The Kier molecular flexibility index (Phi) is 3.62. The predicted molar refractivity (Wildman–Crippen MR) is 83.8 cm³/mol. The van der Waals surface area contributed by atoms with E-state index >= 15 is 0 Å². The summed E-state index contributed by atoms with van der Waals surface area (Å²) in [6.07, 6.45) is 3.43. The van der Waals surface area contributed by atoms with Crippen LogP contribution >= 0.6 is 15.9 Å². The highest BCUT2D eigenvalue weighted by molar-refractivity contribution is 9.10. The monoisotopic (exact) mass is 345 g/mol. The number of rotatable bonds is 3. The SMILES string of the molecule is COc1ccc(Br)c(-c2noc(N)c2-c2cccnc2)c1. The molecule has 2 N–H and O–H groups in total. The lowest BCUT2D eigenvalue weighted by Gasteiger charge is -2.07. The fourth-order valence-corrected chi connectivity index (χ4v) is 2.52. The van der Waals surface area contributed by atoms with Gasteiger partial charge in [-0.3, -0.25) is 4.98 Å². The van der Waals surface area contributed by atoms with E-state index in [2.05, 4.69) is 26.1 Å². The van der Waals surface area contributed by atoms with Crippen molar-refractivity contribution in [1.29, 1.82) is 0 Å². The smallest absolute Gasteiger partial charge is 0.230 e. The molecule has 0 atom stereocenters. The standard InChI is InChI=1S/C15H12BrN3O2/c1-20-10-4-5-12(16)11(7-10)14-13(15(17)21-19-14)9-3-2-6-18-8-9/h2-8H,17H2,1H3. The molecular formula is C15H12BrN3O2. The largest absolute Gasteiger partial charge is 0.497 e. The van der Waals surface area contributed by atoms with Crippen LogP contribution in [0.3, 0.4) is 0 Å². The van der Waals surface area contributed by atoms with Crippen molar-refractivity contribution in [3.63, 3.8) is 0 Å². The summed E-state index contributed by atoms with van der Waals surface area (Å²) in [7, 11) is 1.62. The average molecular weight is 346 g/mol. The highest BCUT2D eigenvalue weighted by Crippen LogP contribution is 2.40. The van der Waals surface area contributed by atoms with Gasteiger partial charge in [0.2, 0.25) is 5.88 Å². The molecule has 2 heterocycles. The Morgan fingerprint density at radius 2 is 2.14 bits per heavy atom. The minimum absolute atomic E-state index is 0.257. The first-order valence-corrected chi connectivity index (χ1v) is 6.99. The summed E-state index contributed by atoms with van der Waals surface area (Å²) in [6, 6.07) is 9.38. The molecular weight excluding hydrogens is 334 g/mol. The number of nitrogens with zero attached hydrogens (tertiary/aromatic N) is 2. The summed E-state index contributed by atoms with van der Waals surface area (Å²) in [5.41, 5.74) is 8.98. The van der Waals surface area contributed by atoms with E-state index in [0.717, 1.165) is 26.9 Å². The van der Waals surface area contributed by atoms with Gasteiger partial charge in [0.25, 0.3) is 0 Å². The quantitative estimate of drug-likeness (QED) is 0.782. The zero-order valence-corrected chi connectivity index (χ0v) is 12.8. The lowest BCUT2D eigenvalue weighted by Crippen LogP contribution is -1.90. The number of nitrogens with two attached hydrogens (primary N) is 1. The second-order valence-corrected chi connectivity index (χ2v) is 5.21. The van der Waals surface area contributed by atoms with Gasteiger partial charge in [-0.1, -0.05) is 27.2 Å². The molecule has 0 saturated carbocycles. The van der Waals surface area contributed by atoms with E-state index in [1.807, 2.05) is 30.3 Å². The molecule has 3 rings (SSSR count). The van der Waals surface area contributed by atoms with Crippen molar-refractivity contribution in [3.8, 4) is 28.1 Å². The molecule has 0 spiro atoms. The van der Waals surface area contributed by atoms with E-state index < -0.39 is 0 Å². The van der Waals surface area contributed by atoms with E-state index in [-0.39, 0.29) is 5.88 Å². The number of benzene rings is 1. The minimum atomic E-state index is 0.257. The van der Waals surface area contributed by atoms with Crippen LogP contribution < -0.4 is 10.5 Å². The van der Waals surface area contributed by atoms with Crippen LogP contribution in [-0.4, -0.2) is 17.3 Å². The van der Waals surface area contributed by atoms with Crippen LogP contribution in [0.25, 0.3) is 22.4 Å². The molecule has 0 bridgehead atoms. The molecule has 3 aromatic rings. The first kappa shape index (κ1) is 13.6. The molecule has 1 aromatic carbocycles. The molecule has 0 saturated heterocycles. The van der Waals surface area contributed by atoms with Gasteiger partial charge in [0.15, 0.2) is 0 Å². The van der Waals surface area contributed by atoms with E-state index in [1.54, 1.807) is 19.5 Å². The Morgan fingerprint density at radius 3 is 2.86 bits per heavy atom. The molecule has 5 nitrogen and oxygen atoms in total. The molecule has 6 heteroatoms. The molecule has 106 valence electrons. The number of ether oxygens (including phenoxy) is 1. The molecule has 0 radical (unpaired) electrons. The van der Waals surface area contributed by atoms with Crippen molar-refractivity contribution >= 4 is 21.8 Å². The number of pyridine rings is 1. The average Bonchev–Trinajstić information content (AvgIpc) is 2.90. The Balaban J connectivity index is 2.21. The maximum atomic E-state index is 5.93. The van der Waals surface area contributed by atoms with Gasteiger partial charge in [-0.05, 0) is 24.3 Å². The molecule has 0 aliphatic carbocycles. The maximum absolute atomic E-state index is 5.93. The van der Waals surface area contributed by atoms with Gasteiger partial charge in [-0.25, -0.2) is 0 Å². The number of nitrogen functional groups attached to an aromatic ring is 1. The third-order valence-corrected chi connectivity index (χ3v) is 3.79. The Morgan fingerprint density at radius 1 is 1.29 bits per heavy atom. The van der Waals surface area contributed by atoms with Crippen LogP contribution in [-0.2, 0) is 0 Å². The zero-order chi connectivity index (χ0) is 14.8. The Hall–Kier alpha value is -2.34. The first-order valence-electron chi connectivity index (χ1n) is 6.20. The van der Waals surface area contributed by atoms with Crippen molar-refractivity contribution in [2.24, 2.45) is 0 Å². The molecule has 21 heavy (non-hydrogen) atoms. The van der Waals surface area contributed by atoms with Gasteiger partial charge in [-0.15, -0.1) is 0 Å². The lowest BCUT2D eigenvalue weighted by molar-refractivity contribution is 0.414. The van der Waals surface area contributed by atoms with E-state index in [1.165, 1.54) is 0 Å². The fraction of sp³-hybridized carbons (Fsp3) is 0.0667. The van der Waals surface area contributed by atoms with Crippen LogP contribution in [0.2, 0.25) is 0 Å². The van der Waals surface area contributed by atoms with Gasteiger partial charge < -0.3 is 15.0 Å². The normalized spacial score (nSPS) is 10.6. The Bertz CT molecular complexity index is 772. The first-order chi connectivity index (χ1) is 10.2. The summed E-state index contributed by atoms with van der Waals surface area (Å²) in [5.74, 6) is 0.986. The molecule has 0 aliphatic heterocycles. The molecule has 0 amide bonds. The van der Waals surface area contributed by atoms with Gasteiger partial charge in [0.1, 0.15) is 11.4 Å². The fourth-order valence-electron chi connectivity index (χ4n) is 2.09. The van der Waals surface area contributed by atoms with Crippen molar-refractivity contribution in [2.75, 3.05) is 12.8 Å². The van der Waals surface area contributed by atoms with Crippen molar-refractivity contribution in [2.45, 2.75) is 0 Å². The van der Waals surface area contributed by atoms with Crippen LogP contribution in [0.5, 0.6) is 5.75 Å². The van der Waals surface area contributed by atoms with Crippen LogP contribution in [0.1, 0.15) is 0 Å². The van der Waals surface area contributed by atoms with Crippen LogP contribution in [0.4, 0.5) is 5.88 Å². The Labute approximate surface area is 129 Å². The van der Waals surface area contributed by atoms with Crippen molar-refractivity contribution in [1.82, 2.24) is 10.1 Å². The third kappa shape index (κ3) is 2.50. The van der Waals surface area contributed by atoms with E-state index in [0.29, 0.717) is 5.69 Å². The third-order valence-electron chi connectivity index (χ3n) is 3.10. The number of anilines is 1. The van der Waals surface area contributed by atoms with Gasteiger partial charge in [-0.2, -0.15) is 0 Å². The summed E-state index contributed by atoms with van der Waals surface area (Å²) in [4.78, 5) is 4.11. The lowest BCUT2D eigenvalue weighted by atomic mass is 10.0. The summed E-state index contributed by atoms with van der Waals surface area (Å²) >= 11 is 3.52. The number of hydrogen-bond acceptors (Lipinski definition) is 5. The van der Waals surface area contributed by atoms with E-state index in [4.69, 9.17) is 15.0 Å². The predicted octanol–water partition coefficient (Wildman–Crippen LogP) is 3.76. The van der Waals surface area contributed by atoms with E-state index in [9.17, 15) is 0 Å². The second kappa shape index (κ2) is 5.57. The topological polar surface area (TPSA) is 74.2 Å². The van der Waals surface area contributed by atoms with Gasteiger partial charge in [0, 0.05) is 28.0 Å². The zero-order valence-electron chi connectivity index (χ0n) is 11.2. The highest BCUT2D eigenvalue weighted by atomic mass is 79.9. The van der Waals surface area contributed by atoms with Gasteiger partial charge in [0.05, 0.1) is 12.7 Å². The van der Waals surface area contributed by atoms with Crippen LogP contribution in [0.15, 0.2) is 51.7 Å². The molecule has 0 fully saturated rings. The second-order valence-electron chi connectivity index (χ2n) is 4.36. The molecule has 0 aliphatic rings. The van der Waals surface area contributed by atoms with Gasteiger partial charge >= 0.3 is 0 Å². The number of methoxy groups -OCH3 is 1. The number of aromatic nitrogens is 2. The number of hydrogen-bond donors (Lipinski definition) is 1. The number of halogens is 1. The highest BCUT2D eigenvalue weighted by Gasteiger charge is 2.19. The minimum Gasteiger partial charge on any atom is -0.497 e. The summed E-state index contributed by atoms with van der Waals surface area (Å²) in [6.45, 7) is 0. The van der Waals surface area contributed by atoms with Crippen LogP contribution in [0, 0.1) is 0 Å².